The van der Waals surface area contributed by atoms with E-state index >= 15 is 0 Å². The first-order chi connectivity index (χ1) is 9.58. The highest BCUT2D eigenvalue weighted by molar-refractivity contribution is 5.96. The third-order valence-electron chi connectivity index (χ3n) is 2.45. The molecule has 0 aliphatic rings. The number of hydrogen-bond donors (Lipinski definition) is 3. The van der Waals surface area contributed by atoms with Crippen LogP contribution in [-0.4, -0.2) is 49.2 Å². The summed E-state index contributed by atoms with van der Waals surface area (Å²) < 4.78 is 4.40. The monoisotopic (exact) mass is 280 g/mol. The molecule has 1 aromatic carbocycles. The SMILES string of the molecule is COC(=O)C(CO)NC(=O)CNC(=O)c1ccccc1. The van der Waals surface area contributed by atoms with Gasteiger partial charge in [-0.2, -0.15) is 0 Å². The van der Waals surface area contributed by atoms with E-state index in [1.165, 1.54) is 0 Å². The van der Waals surface area contributed by atoms with Gasteiger partial charge in [0.25, 0.3) is 5.91 Å². The van der Waals surface area contributed by atoms with Crippen molar-refractivity contribution in [2.75, 3.05) is 20.3 Å². The predicted molar refractivity (Wildman–Crippen MR) is 69.8 cm³/mol. The van der Waals surface area contributed by atoms with Crippen LogP contribution in [0.1, 0.15) is 10.4 Å². The Hall–Kier alpha value is -2.41. The first-order valence-electron chi connectivity index (χ1n) is 5.89. The van der Waals surface area contributed by atoms with Crippen LogP contribution in [-0.2, 0) is 14.3 Å². The van der Waals surface area contributed by atoms with Gasteiger partial charge in [-0.1, -0.05) is 18.2 Å². The molecule has 0 aromatic heterocycles. The van der Waals surface area contributed by atoms with Crippen molar-refractivity contribution in [1.82, 2.24) is 10.6 Å². The molecule has 7 heteroatoms. The summed E-state index contributed by atoms with van der Waals surface area (Å²) in [6, 6.07) is 7.26. The Morgan fingerprint density at radius 3 is 2.45 bits per heavy atom. The number of benzene rings is 1. The van der Waals surface area contributed by atoms with Gasteiger partial charge in [0.1, 0.15) is 0 Å². The predicted octanol–water partition coefficient (Wildman–Crippen LogP) is -0.933. The summed E-state index contributed by atoms with van der Waals surface area (Å²) in [7, 11) is 1.15. The summed E-state index contributed by atoms with van der Waals surface area (Å²) >= 11 is 0. The van der Waals surface area contributed by atoms with Crippen molar-refractivity contribution in [3.8, 4) is 0 Å². The molecule has 0 radical (unpaired) electrons. The van der Waals surface area contributed by atoms with Crippen molar-refractivity contribution < 1.29 is 24.2 Å². The Bertz CT molecular complexity index is 475. The topological polar surface area (TPSA) is 105 Å². The lowest BCUT2D eigenvalue weighted by Crippen LogP contribution is -2.47. The van der Waals surface area contributed by atoms with Gasteiger partial charge >= 0.3 is 5.97 Å². The van der Waals surface area contributed by atoms with Crippen LogP contribution in [0, 0.1) is 0 Å². The van der Waals surface area contributed by atoms with E-state index in [1.807, 2.05) is 0 Å². The van der Waals surface area contributed by atoms with Gasteiger partial charge < -0.3 is 20.5 Å². The van der Waals surface area contributed by atoms with Crippen LogP contribution >= 0.6 is 0 Å². The van der Waals surface area contributed by atoms with Crippen LogP contribution < -0.4 is 10.6 Å². The van der Waals surface area contributed by atoms with Crippen molar-refractivity contribution in [2.24, 2.45) is 0 Å². The van der Waals surface area contributed by atoms with Crippen LogP contribution in [0.15, 0.2) is 30.3 Å². The minimum absolute atomic E-state index is 0.304. The normalized spacial score (nSPS) is 11.3. The van der Waals surface area contributed by atoms with Crippen molar-refractivity contribution in [3.63, 3.8) is 0 Å². The number of methoxy groups -OCH3 is 1. The maximum Gasteiger partial charge on any atom is 0.330 e. The number of carbonyl (C=O) groups is 3. The molecule has 0 saturated heterocycles. The summed E-state index contributed by atoms with van der Waals surface area (Å²) in [5.74, 6) is -1.76. The Kier molecular flexibility index (Phi) is 6.18. The fourth-order valence-corrected chi connectivity index (χ4v) is 1.42. The first-order valence-corrected chi connectivity index (χ1v) is 5.89. The van der Waals surface area contributed by atoms with Gasteiger partial charge in [-0.15, -0.1) is 0 Å². The highest BCUT2D eigenvalue weighted by Crippen LogP contribution is 1.97. The zero-order chi connectivity index (χ0) is 15.0. The largest absolute Gasteiger partial charge is 0.467 e. The minimum Gasteiger partial charge on any atom is -0.467 e. The molecular weight excluding hydrogens is 264 g/mol. The molecule has 108 valence electrons. The third kappa shape index (κ3) is 4.69. The van der Waals surface area contributed by atoms with Gasteiger partial charge in [-0.25, -0.2) is 4.79 Å². The fraction of sp³-hybridized carbons (Fsp3) is 0.308. The van der Waals surface area contributed by atoms with Gasteiger partial charge in [0, 0.05) is 5.56 Å². The molecule has 0 spiro atoms. The van der Waals surface area contributed by atoms with Crippen molar-refractivity contribution >= 4 is 17.8 Å². The van der Waals surface area contributed by atoms with E-state index in [1.54, 1.807) is 30.3 Å². The molecule has 1 rings (SSSR count). The molecule has 0 bridgehead atoms. The number of aliphatic hydroxyl groups is 1. The van der Waals surface area contributed by atoms with Crippen LogP contribution in [0.3, 0.4) is 0 Å². The summed E-state index contributed by atoms with van der Waals surface area (Å²) in [5.41, 5.74) is 0.423. The summed E-state index contributed by atoms with van der Waals surface area (Å²) in [6.45, 7) is -0.883. The Balaban J connectivity index is 2.43. The van der Waals surface area contributed by atoms with Gasteiger partial charge in [0.05, 0.1) is 20.3 Å². The highest BCUT2D eigenvalue weighted by atomic mass is 16.5. The van der Waals surface area contributed by atoms with Gasteiger partial charge in [-0.05, 0) is 12.1 Å². The number of rotatable bonds is 6. The quantitative estimate of drug-likeness (QED) is 0.584. The average molecular weight is 280 g/mol. The zero-order valence-electron chi connectivity index (χ0n) is 11.0. The number of ether oxygens (including phenoxy) is 1. The maximum absolute atomic E-state index is 11.7. The van der Waals surface area contributed by atoms with E-state index in [-0.39, 0.29) is 6.54 Å². The highest BCUT2D eigenvalue weighted by Gasteiger charge is 2.20. The van der Waals surface area contributed by atoms with Crippen LogP contribution in [0.25, 0.3) is 0 Å². The second-order valence-corrected chi connectivity index (χ2v) is 3.87. The van der Waals surface area contributed by atoms with E-state index < -0.39 is 30.4 Å². The molecule has 7 nitrogen and oxygen atoms in total. The van der Waals surface area contributed by atoms with E-state index in [0.717, 1.165) is 7.11 Å². The Labute approximate surface area is 115 Å². The Morgan fingerprint density at radius 1 is 1.25 bits per heavy atom. The molecule has 20 heavy (non-hydrogen) atoms. The number of carbonyl (C=O) groups excluding carboxylic acids is 3. The average Bonchev–Trinajstić information content (AvgIpc) is 2.50. The number of nitrogens with one attached hydrogen (secondary N) is 2. The molecule has 1 unspecified atom stereocenters. The number of hydrogen-bond acceptors (Lipinski definition) is 5. The molecule has 3 N–H and O–H groups in total. The van der Waals surface area contributed by atoms with Crippen molar-refractivity contribution in [3.05, 3.63) is 35.9 Å². The molecule has 0 heterocycles. The molecule has 0 saturated carbocycles. The van der Waals surface area contributed by atoms with Crippen LogP contribution in [0.5, 0.6) is 0 Å². The van der Waals surface area contributed by atoms with E-state index in [0.29, 0.717) is 5.56 Å². The lowest BCUT2D eigenvalue weighted by Gasteiger charge is -2.14. The van der Waals surface area contributed by atoms with Gasteiger partial charge in [0.15, 0.2) is 6.04 Å². The van der Waals surface area contributed by atoms with Crippen LogP contribution in [0.2, 0.25) is 0 Å². The molecule has 2 amide bonds. The van der Waals surface area contributed by atoms with Gasteiger partial charge in [0.2, 0.25) is 5.91 Å². The second-order valence-electron chi connectivity index (χ2n) is 3.87. The standard InChI is InChI=1S/C13H16N2O5/c1-20-13(19)10(8-16)15-11(17)7-14-12(18)9-5-3-2-4-6-9/h2-6,10,16H,7-8H2,1H3,(H,14,18)(H,15,17). The summed E-state index contributed by atoms with van der Waals surface area (Å²) in [6.07, 6.45) is 0. The first kappa shape index (κ1) is 15.6. The lowest BCUT2D eigenvalue weighted by atomic mass is 10.2. The minimum atomic E-state index is -1.14. The fourth-order valence-electron chi connectivity index (χ4n) is 1.42. The third-order valence-corrected chi connectivity index (χ3v) is 2.45. The van der Waals surface area contributed by atoms with Crippen LogP contribution in [0.4, 0.5) is 0 Å². The molecule has 0 aliphatic heterocycles. The van der Waals surface area contributed by atoms with E-state index in [9.17, 15) is 14.4 Å². The Morgan fingerprint density at radius 2 is 1.90 bits per heavy atom. The van der Waals surface area contributed by atoms with Crippen molar-refractivity contribution in [2.45, 2.75) is 6.04 Å². The molecule has 0 fully saturated rings. The number of amides is 2. The zero-order valence-corrected chi connectivity index (χ0v) is 11.0. The van der Waals surface area contributed by atoms with Crippen molar-refractivity contribution in [1.29, 1.82) is 0 Å². The lowest BCUT2D eigenvalue weighted by molar-refractivity contribution is -0.146. The number of aliphatic hydroxyl groups excluding tert-OH is 1. The van der Waals surface area contributed by atoms with Gasteiger partial charge in [-0.3, -0.25) is 9.59 Å². The summed E-state index contributed by atoms with van der Waals surface area (Å²) in [4.78, 5) is 34.3. The molecule has 1 atom stereocenters. The van der Waals surface area contributed by atoms with E-state index in [4.69, 9.17) is 5.11 Å². The molecule has 0 aliphatic carbocycles. The van der Waals surface area contributed by atoms with E-state index in [2.05, 4.69) is 15.4 Å². The smallest absolute Gasteiger partial charge is 0.330 e. The summed E-state index contributed by atoms with van der Waals surface area (Å²) in [5, 5.41) is 13.6. The maximum atomic E-state index is 11.7. The molecular formula is C13H16N2O5. The molecule has 1 aromatic rings. The number of esters is 1. The second kappa shape index (κ2) is 7.90.